The zero-order valence-corrected chi connectivity index (χ0v) is 48.4. The van der Waals surface area contributed by atoms with Gasteiger partial charge < -0.3 is 5.32 Å². The Balaban J connectivity index is 0. The van der Waals surface area contributed by atoms with Gasteiger partial charge in [-0.1, -0.05) is 190 Å². The molecule has 0 radical (unpaired) electrons. The largest absolute Gasteiger partial charge is 0.326 e. The summed E-state index contributed by atoms with van der Waals surface area (Å²) in [6.45, 7) is 51.7. The van der Waals surface area contributed by atoms with Gasteiger partial charge in [-0.2, -0.15) is 11.8 Å². The molecule has 0 bridgehead atoms. The lowest BCUT2D eigenvalue weighted by atomic mass is 9.88. The molecule has 0 heterocycles. The highest BCUT2D eigenvalue weighted by molar-refractivity contribution is 8.00. The summed E-state index contributed by atoms with van der Waals surface area (Å²) in [5, 5.41) is 2.95. The first-order valence-electron chi connectivity index (χ1n) is 23.6. The average Bonchev–Trinajstić information content (AvgIpc) is 3.03. The topological polar surface area (TPSA) is 97.4 Å². The van der Waals surface area contributed by atoms with Gasteiger partial charge in [0, 0.05) is 16.9 Å². The summed E-state index contributed by atoms with van der Waals surface area (Å²) in [4.78, 5) is 12.3. The molecule has 0 aliphatic carbocycles. The van der Waals surface area contributed by atoms with Crippen molar-refractivity contribution in [3.8, 4) is 0 Å². The van der Waals surface area contributed by atoms with Gasteiger partial charge in [-0.15, -0.1) is 0 Å². The lowest BCUT2D eigenvalue weighted by Crippen LogP contribution is -2.20. The summed E-state index contributed by atoms with van der Waals surface area (Å²) in [5.74, 6) is 2.20. The van der Waals surface area contributed by atoms with Crippen LogP contribution in [0.4, 0.5) is 5.69 Å². The molecule has 6 nitrogen and oxygen atoms in total. The lowest BCUT2D eigenvalue weighted by Gasteiger charge is -2.24. The highest BCUT2D eigenvalue weighted by Crippen LogP contribution is 2.30. The summed E-state index contributed by atoms with van der Waals surface area (Å²) in [7, 11) is -6.00. The van der Waals surface area contributed by atoms with Gasteiger partial charge in [-0.05, 0) is 111 Å². The third kappa shape index (κ3) is 41.6. The third-order valence-electron chi connectivity index (χ3n) is 9.07. The first-order valence-corrected chi connectivity index (χ1v) is 28.1. The average molecular weight is 953 g/mol. The quantitative estimate of drug-likeness (QED) is 0.228. The molecule has 0 saturated heterocycles. The van der Waals surface area contributed by atoms with E-state index in [-0.39, 0.29) is 44.1 Å². The van der Waals surface area contributed by atoms with Gasteiger partial charge in [0.15, 0.2) is 9.84 Å². The van der Waals surface area contributed by atoms with Crippen LogP contribution in [0.15, 0.2) is 53.4 Å². The molecule has 374 valence electrons. The van der Waals surface area contributed by atoms with Crippen molar-refractivity contribution >= 4 is 43.0 Å². The summed E-state index contributed by atoms with van der Waals surface area (Å²) in [5.41, 5.74) is 4.63. The first-order chi connectivity index (χ1) is 28.1. The van der Waals surface area contributed by atoms with E-state index in [0.29, 0.717) is 39.4 Å². The van der Waals surface area contributed by atoms with Crippen molar-refractivity contribution in [2.45, 2.75) is 214 Å². The van der Waals surface area contributed by atoms with E-state index in [1.165, 1.54) is 16.9 Å². The fourth-order valence-electron chi connectivity index (χ4n) is 5.45. The Labute approximate surface area is 402 Å². The number of hydrogen-bond acceptors (Lipinski definition) is 6. The number of amides is 1. The number of carbonyl (C=O) groups excluding carboxylic acids is 1. The normalized spacial score (nSPS) is 13.4. The highest BCUT2D eigenvalue weighted by atomic mass is 32.2. The SMILES string of the molecule is CC(C)(C)CC(=O)Nc1ccc(CC(C)(C)C)cc1.CC(C)(C)CCS(=O)(=O)CCC(C)(C)C.CC(C)(C)CCS(=O)(=O)c1ccc(CC(C)(C)C)cc1.CC(C)(C)CSC(C)(C)C. The maximum Gasteiger partial charge on any atom is 0.224 e. The van der Waals surface area contributed by atoms with E-state index in [1.54, 1.807) is 12.1 Å². The molecule has 2 aromatic rings. The fourth-order valence-corrected chi connectivity index (χ4v) is 10.0. The van der Waals surface area contributed by atoms with Crippen LogP contribution in [0.2, 0.25) is 0 Å². The van der Waals surface area contributed by atoms with Crippen LogP contribution < -0.4 is 5.32 Å². The minimum Gasteiger partial charge on any atom is -0.326 e. The first kappa shape index (κ1) is 64.2. The Hall–Kier alpha value is -1.84. The van der Waals surface area contributed by atoms with E-state index >= 15 is 0 Å². The fraction of sp³-hybridized carbons (Fsp3) is 0.764. The molecule has 0 saturated carbocycles. The number of sulfone groups is 2. The van der Waals surface area contributed by atoms with Gasteiger partial charge in [0.25, 0.3) is 0 Å². The van der Waals surface area contributed by atoms with E-state index < -0.39 is 19.7 Å². The maximum absolute atomic E-state index is 12.3. The number of benzene rings is 2. The zero-order chi connectivity index (χ0) is 51.0. The van der Waals surface area contributed by atoms with E-state index in [1.807, 2.05) is 36.0 Å². The number of rotatable bonds is 12. The van der Waals surface area contributed by atoms with Gasteiger partial charge in [-0.25, -0.2) is 16.8 Å². The van der Waals surface area contributed by atoms with Crippen LogP contribution in [0.3, 0.4) is 0 Å². The lowest BCUT2D eigenvalue weighted by molar-refractivity contribution is -0.117. The van der Waals surface area contributed by atoms with Crippen molar-refractivity contribution < 1.29 is 21.6 Å². The van der Waals surface area contributed by atoms with Gasteiger partial charge in [0.2, 0.25) is 5.91 Å². The third-order valence-corrected chi connectivity index (χ3v) is 14.3. The molecule has 0 atom stereocenters. The van der Waals surface area contributed by atoms with Gasteiger partial charge in [0.05, 0.1) is 22.2 Å². The highest BCUT2D eigenvalue weighted by Gasteiger charge is 2.22. The van der Waals surface area contributed by atoms with E-state index in [4.69, 9.17) is 0 Å². The molecule has 0 fully saturated rings. The molecule has 64 heavy (non-hydrogen) atoms. The van der Waals surface area contributed by atoms with Crippen LogP contribution in [0, 0.1) is 37.9 Å². The molecule has 0 aliphatic heterocycles. The Morgan fingerprint density at radius 3 is 1.08 bits per heavy atom. The number of nitrogens with one attached hydrogen (secondary N) is 1. The van der Waals surface area contributed by atoms with Crippen molar-refractivity contribution in [2.75, 3.05) is 28.3 Å². The smallest absolute Gasteiger partial charge is 0.224 e. The number of hydrogen-bond donors (Lipinski definition) is 1. The Bertz CT molecular complexity index is 1800. The summed E-state index contributed by atoms with van der Waals surface area (Å²) >= 11 is 2.04. The van der Waals surface area contributed by atoms with Crippen LogP contribution >= 0.6 is 11.8 Å². The summed E-state index contributed by atoms with van der Waals surface area (Å²) < 4.78 is 48.4. The standard InChI is InChI=1S/C17H27NO.C17H28O2S.C12H26O2S.C9H20S/c1-16(2,3)11-13-7-9-14(10-8-13)18-15(19)12-17(4,5)6;1-16(2,3)11-12-20(18,19)15-9-7-14(8-10-15)13-17(4,5)6;1-11(2,3)7-9-15(13,14)10-8-12(4,5)6;1-8(2,3)7-10-9(4,5)6/h7-10H,11-12H2,1-6H3,(H,18,19);7-10H,11-13H2,1-6H3;7-10H2,1-6H3;7H2,1-6H3. The summed E-state index contributed by atoms with van der Waals surface area (Å²) in [6, 6.07) is 15.5. The minimum absolute atomic E-state index is 0.0241. The van der Waals surface area contributed by atoms with Crippen LogP contribution in [-0.2, 0) is 37.3 Å². The molecule has 2 rings (SSSR count). The van der Waals surface area contributed by atoms with Crippen molar-refractivity contribution in [1.29, 1.82) is 0 Å². The second kappa shape index (κ2) is 25.5. The van der Waals surface area contributed by atoms with Crippen LogP contribution in [0.5, 0.6) is 0 Å². The molecule has 1 N–H and O–H groups in total. The van der Waals surface area contributed by atoms with Crippen molar-refractivity contribution in [2.24, 2.45) is 37.9 Å². The summed E-state index contributed by atoms with van der Waals surface area (Å²) in [6.07, 6.45) is 4.72. The molecule has 0 aliphatic rings. The molecule has 2 aromatic carbocycles. The maximum atomic E-state index is 12.3. The minimum atomic E-state index is -3.15. The second-order valence-electron chi connectivity index (χ2n) is 27.5. The van der Waals surface area contributed by atoms with Crippen LogP contribution in [0.25, 0.3) is 0 Å². The predicted molar refractivity (Wildman–Crippen MR) is 286 cm³/mol. The number of carbonyl (C=O) groups is 1. The molecule has 0 unspecified atom stereocenters. The van der Waals surface area contributed by atoms with Crippen LogP contribution in [-0.4, -0.2) is 50.5 Å². The van der Waals surface area contributed by atoms with Crippen molar-refractivity contribution in [1.82, 2.24) is 0 Å². The Morgan fingerprint density at radius 1 is 0.453 bits per heavy atom. The monoisotopic (exact) mass is 952 g/mol. The van der Waals surface area contributed by atoms with Gasteiger partial charge in [-0.3, -0.25) is 4.79 Å². The molecule has 0 aromatic heterocycles. The van der Waals surface area contributed by atoms with Gasteiger partial charge >= 0.3 is 0 Å². The number of thioether (sulfide) groups is 1. The predicted octanol–water partition coefficient (Wildman–Crippen LogP) is 16.0. The molecular weight excluding hydrogens is 851 g/mol. The Kier molecular flexibility index (Phi) is 25.6. The molecule has 1 amide bonds. The molecule has 9 heteroatoms. The van der Waals surface area contributed by atoms with Crippen molar-refractivity contribution in [3.05, 3.63) is 59.7 Å². The van der Waals surface area contributed by atoms with E-state index in [9.17, 15) is 21.6 Å². The second-order valence-corrected chi connectivity index (χ2v) is 33.7. The molecule has 0 spiro atoms. The zero-order valence-electron chi connectivity index (χ0n) is 46.0. The van der Waals surface area contributed by atoms with Crippen LogP contribution in [0.1, 0.15) is 203 Å². The Morgan fingerprint density at radius 2 is 0.797 bits per heavy atom. The van der Waals surface area contributed by atoms with Gasteiger partial charge in [0.1, 0.15) is 9.84 Å². The van der Waals surface area contributed by atoms with Crippen molar-refractivity contribution in [3.63, 3.8) is 0 Å². The van der Waals surface area contributed by atoms with E-state index in [2.05, 4.69) is 184 Å². The van der Waals surface area contributed by atoms with E-state index in [0.717, 1.165) is 31.4 Å². The molecular formula is C55H101NO5S3. The number of anilines is 1.